The summed E-state index contributed by atoms with van der Waals surface area (Å²) in [6.45, 7) is 6.62. The standard InChI is InChI=1S/C10H19N3/c1-10(2,3)7-8(11)6-9-4-5-12-13-9/h4-5,8H,6-7,11H2,1-3H3,(H,12,13). The maximum atomic E-state index is 6.00. The molecule has 74 valence electrons. The lowest BCUT2D eigenvalue weighted by atomic mass is 9.87. The lowest BCUT2D eigenvalue weighted by Gasteiger charge is -2.22. The second-order valence-corrected chi connectivity index (χ2v) is 4.81. The molecule has 0 radical (unpaired) electrons. The average Bonchev–Trinajstić information content (AvgIpc) is 2.34. The first-order valence-corrected chi connectivity index (χ1v) is 4.71. The second-order valence-electron chi connectivity index (χ2n) is 4.81. The monoisotopic (exact) mass is 181 g/mol. The molecule has 0 aliphatic rings. The molecule has 0 spiro atoms. The summed E-state index contributed by atoms with van der Waals surface area (Å²) in [6, 6.07) is 2.20. The quantitative estimate of drug-likeness (QED) is 0.746. The summed E-state index contributed by atoms with van der Waals surface area (Å²) in [5, 5.41) is 6.81. The number of nitrogens with zero attached hydrogens (tertiary/aromatic N) is 1. The van der Waals surface area contributed by atoms with Gasteiger partial charge in [-0.15, -0.1) is 0 Å². The van der Waals surface area contributed by atoms with Crippen molar-refractivity contribution in [3.63, 3.8) is 0 Å². The van der Waals surface area contributed by atoms with Crippen LogP contribution in [0.15, 0.2) is 12.3 Å². The zero-order chi connectivity index (χ0) is 9.90. The highest BCUT2D eigenvalue weighted by Gasteiger charge is 2.15. The highest BCUT2D eigenvalue weighted by molar-refractivity contribution is 5.00. The normalized spacial score (nSPS) is 14.5. The SMILES string of the molecule is CC(C)(C)CC(N)Cc1ccn[nH]1. The Morgan fingerprint density at radius 1 is 1.54 bits per heavy atom. The third-order valence-electron chi connectivity index (χ3n) is 1.92. The lowest BCUT2D eigenvalue weighted by Crippen LogP contribution is -2.28. The van der Waals surface area contributed by atoms with Crippen LogP contribution in [0, 0.1) is 5.41 Å². The predicted octanol–water partition coefficient (Wildman–Crippen LogP) is 1.72. The van der Waals surface area contributed by atoms with Gasteiger partial charge in [0.1, 0.15) is 0 Å². The molecule has 0 fully saturated rings. The van der Waals surface area contributed by atoms with E-state index in [9.17, 15) is 0 Å². The van der Waals surface area contributed by atoms with Crippen LogP contribution in [-0.4, -0.2) is 16.2 Å². The van der Waals surface area contributed by atoms with Gasteiger partial charge in [0.05, 0.1) is 0 Å². The number of rotatable bonds is 3. The zero-order valence-corrected chi connectivity index (χ0v) is 8.67. The summed E-state index contributed by atoms with van der Waals surface area (Å²) < 4.78 is 0. The molecule has 0 bridgehead atoms. The molecule has 3 nitrogen and oxygen atoms in total. The van der Waals surface area contributed by atoms with Gasteiger partial charge in [-0.1, -0.05) is 20.8 Å². The third kappa shape index (κ3) is 4.08. The molecule has 0 aliphatic carbocycles. The van der Waals surface area contributed by atoms with Crippen LogP contribution in [0.3, 0.4) is 0 Å². The number of hydrogen-bond donors (Lipinski definition) is 2. The first kappa shape index (κ1) is 10.3. The van der Waals surface area contributed by atoms with Gasteiger partial charge < -0.3 is 5.73 Å². The van der Waals surface area contributed by atoms with E-state index in [1.165, 1.54) is 0 Å². The Kier molecular flexibility index (Phi) is 3.09. The van der Waals surface area contributed by atoms with Crippen LogP contribution >= 0.6 is 0 Å². The first-order valence-electron chi connectivity index (χ1n) is 4.71. The van der Waals surface area contributed by atoms with E-state index in [0.717, 1.165) is 18.5 Å². The Bertz CT molecular complexity index is 233. The summed E-state index contributed by atoms with van der Waals surface area (Å²) in [5.41, 5.74) is 7.43. The van der Waals surface area contributed by atoms with Crippen molar-refractivity contribution in [2.75, 3.05) is 0 Å². The molecule has 1 atom stereocenters. The van der Waals surface area contributed by atoms with E-state index in [1.54, 1.807) is 6.20 Å². The molecule has 0 amide bonds. The smallest absolute Gasteiger partial charge is 0.0490 e. The summed E-state index contributed by atoms with van der Waals surface area (Å²) in [7, 11) is 0. The van der Waals surface area contributed by atoms with Crippen molar-refractivity contribution in [1.82, 2.24) is 10.2 Å². The van der Waals surface area contributed by atoms with Crippen LogP contribution in [0.25, 0.3) is 0 Å². The Balaban J connectivity index is 2.38. The van der Waals surface area contributed by atoms with Gasteiger partial charge in [-0.25, -0.2) is 0 Å². The first-order chi connectivity index (χ1) is 5.97. The van der Waals surface area contributed by atoms with Crippen LogP contribution < -0.4 is 5.73 Å². The molecular weight excluding hydrogens is 162 g/mol. The summed E-state index contributed by atoms with van der Waals surface area (Å²) in [4.78, 5) is 0. The lowest BCUT2D eigenvalue weighted by molar-refractivity contribution is 0.337. The van der Waals surface area contributed by atoms with E-state index >= 15 is 0 Å². The molecular formula is C10H19N3. The van der Waals surface area contributed by atoms with Gasteiger partial charge in [0.2, 0.25) is 0 Å². The highest BCUT2D eigenvalue weighted by atomic mass is 15.1. The number of nitrogens with two attached hydrogens (primary N) is 1. The largest absolute Gasteiger partial charge is 0.327 e. The molecule has 0 aliphatic heterocycles. The van der Waals surface area contributed by atoms with Crippen molar-refractivity contribution < 1.29 is 0 Å². The minimum Gasteiger partial charge on any atom is -0.327 e. The van der Waals surface area contributed by atoms with Gasteiger partial charge >= 0.3 is 0 Å². The third-order valence-corrected chi connectivity index (χ3v) is 1.92. The molecule has 1 rings (SSSR count). The molecule has 0 saturated heterocycles. The molecule has 1 unspecified atom stereocenters. The maximum Gasteiger partial charge on any atom is 0.0490 e. The predicted molar refractivity (Wildman–Crippen MR) is 54.3 cm³/mol. The Morgan fingerprint density at radius 3 is 2.69 bits per heavy atom. The van der Waals surface area contributed by atoms with E-state index < -0.39 is 0 Å². The van der Waals surface area contributed by atoms with E-state index in [0.29, 0.717) is 5.41 Å². The minimum atomic E-state index is 0.223. The fourth-order valence-corrected chi connectivity index (χ4v) is 1.54. The van der Waals surface area contributed by atoms with Gasteiger partial charge in [0.25, 0.3) is 0 Å². The second kappa shape index (κ2) is 3.92. The van der Waals surface area contributed by atoms with E-state index in [-0.39, 0.29) is 6.04 Å². The van der Waals surface area contributed by atoms with Crippen molar-refractivity contribution in [2.24, 2.45) is 11.1 Å². The van der Waals surface area contributed by atoms with Crippen LogP contribution in [0.4, 0.5) is 0 Å². The Morgan fingerprint density at radius 2 is 2.23 bits per heavy atom. The van der Waals surface area contributed by atoms with Crippen molar-refractivity contribution in [3.05, 3.63) is 18.0 Å². The van der Waals surface area contributed by atoms with E-state index in [2.05, 4.69) is 31.0 Å². The van der Waals surface area contributed by atoms with E-state index in [4.69, 9.17) is 5.73 Å². The van der Waals surface area contributed by atoms with Crippen molar-refractivity contribution >= 4 is 0 Å². The van der Waals surface area contributed by atoms with Gasteiger partial charge in [0.15, 0.2) is 0 Å². The van der Waals surface area contributed by atoms with E-state index in [1.807, 2.05) is 6.07 Å². The van der Waals surface area contributed by atoms with Gasteiger partial charge in [0, 0.05) is 24.4 Å². The summed E-state index contributed by atoms with van der Waals surface area (Å²) in [6.07, 6.45) is 3.68. The fraction of sp³-hybridized carbons (Fsp3) is 0.700. The number of aromatic amines is 1. The summed E-state index contributed by atoms with van der Waals surface area (Å²) in [5.74, 6) is 0. The van der Waals surface area contributed by atoms with Crippen LogP contribution in [0.2, 0.25) is 0 Å². The average molecular weight is 181 g/mol. The molecule has 13 heavy (non-hydrogen) atoms. The summed E-state index contributed by atoms with van der Waals surface area (Å²) >= 11 is 0. The van der Waals surface area contributed by atoms with Crippen LogP contribution in [0.1, 0.15) is 32.9 Å². The number of aromatic nitrogens is 2. The highest BCUT2D eigenvalue weighted by Crippen LogP contribution is 2.20. The number of H-pyrrole nitrogens is 1. The van der Waals surface area contributed by atoms with Gasteiger partial charge in [-0.2, -0.15) is 5.10 Å². The van der Waals surface area contributed by atoms with Gasteiger partial charge in [-0.3, -0.25) is 5.10 Å². The molecule has 1 aromatic rings. The zero-order valence-electron chi connectivity index (χ0n) is 8.67. The Hall–Kier alpha value is -0.830. The molecule has 3 N–H and O–H groups in total. The minimum absolute atomic E-state index is 0.223. The van der Waals surface area contributed by atoms with Gasteiger partial charge in [-0.05, 0) is 17.9 Å². The van der Waals surface area contributed by atoms with Crippen molar-refractivity contribution in [2.45, 2.75) is 39.7 Å². The molecule has 1 heterocycles. The molecule has 1 aromatic heterocycles. The Labute approximate surface area is 79.7 Å². The van der Waals surface area contributed by atoms with Crippen LogP contribution in [-0.2, 0) is 6.42 Å². The number of hydrogen-bond acceptors (Lipinski definition) is 2. The van der Waals surface area contributed by atoms with Crippen molar-refractivity contribution in [1.29, 1.82) is 0 Å². The van der Waals surface area contributed by atoms with Crippen molar-refractivity contribution in [3.8, 4) is 0 Å². The molecule has 3 heteroatoms. The van der Waals surface area contributed by atoms with Crippen LogP contribution in [0.5, 0.6) is 0 Å². The molecule has 0 saturated carbocycles. The molecule has 0 aromatic carbocycles. The topological polar surface area (TPSA) is 54.7 Å². The fourth-order valence-electron chi connectivity index (χ4n) is 1.54. The maximum absolute atomic E-state index is 6.00. The number of nitrogens with one attached hydrogen (secondary N) is 1.